The molecule has 4 rings (SSSR count). The Morgan fingerprint density at radius 1 is 1.00 bits per heavy atom. The maximum Gasteiger partial charge on any atom is 0.221 e. The highest BCUT2D eigenvalue weighted by atomic mass is 16.1. The summed E-state index contributed by atoms with van der Waals surface area (Å²) in [6, 6.07) is 22.8. The number of carbonyl (C=O) groups is 2. The molecule has 5 heteroatoms. The van der Waals surface area contributed by atoms with Crippen molar-refractivity contribution in [2.75, 3.05) is 19.6 Å². The van der Waals surface area contributed by atoms with Crippen molar-refractivity contribution in [1.82, 2.24) is 9.47 Å². The Hall–Kier alpha value is -3.18. The zero-order valence-electron chi connectivity index (χ0n) is 18.8. The highest BCUT2D eigenvalue weighted by molar-refractivity contribution is 5.99. The fourth-order valence-electron chi connectivity index (χ4n) is 4.94. The van der Waals surface area contributed by atoms with Gasteiger partial charge in [-0.2, -0.15) is 0 Å². The van der Waals surface area contributed by atoms with Gasteiger partial charge in [-0.3, -0.25) is 14.5 Å². The predicted octanol–water partition coefficient (Wildman–Crippen LogP) is 4.12. The molecule has 1 atom stereocenters. The van der Waals surface area contributed by atoms with E-state index in [9.17, 15) is 9.59 Å². The zero-order chi connectivity index (χ0) is 22.7. The van der Waals surface area contributed by atoms with Gasteiger partial charge in [-0.15, -0.1) is 0 Å². The monoisotopic (exact) mass is 429 g/mol. The van der Waals surface area contributed by atoms with E-state index in [0.717, 1.165) is 36.3 Å². The van der Waals surface area contributed by atoms with E-state index < -0.39 is 0 Å². The average molecular weight is 430 g/mol. The number of benzene rings is 2. The molecule has 2 heterocycles. The summed E-state index contributed by atoms with van der Waals surface area (Å²) >= 11 is 0. The molecule has 5 nitrogen and oxygen atoms in total. The van der Waals surface area contributed by atoms with E-state index in [-0.39, 0.29) is 23.7 Å². The SMILES string of the molecule is Cc1cc(C(=O)CN2CCC[C@@H](C(N)=O)C2)c(C)n1C(c1ccccc1)c1ccccc1. The Balaban J connectivity index is 1.65. The predicted molar refractivity (Wildman–Crippen MR) is 127 cm³/mol. The van der Waals surface area contributed by atoms with Crippen molar-refractivity contribution in [3.05, 3.63) is 94.8 Å². The smallest absolute Gasteiger partial charge is 0.221 e. The van der Waals surface area contributed by atoms with E-state index in [1.165, 1.54) is 11.1 Å². The number of rotatable bonds is 7. The molecule has 2 N–H and O–H groups in total. The lowest BCUT2D eigenvalue weighted by molar-refractivity contribution is -0.123. The number of carbonyl (C=O) groups excluding carboxylic acids is 2. The van der Waals surface area contributed by atoms with Crippen molar-refractivity contribution in [2.24, 2.45) is 11.7 Å². The average Bonchev–Trinajstić information content (AvgIpc) is 3.10. The van der Waals surface area contributed by atoms with Crippen LogP contribution in [0.4, 0.5) is 0 Å². The topological polar surface area (TPSA) is 68.3 Å². The maximum atomic E-state index is 13.3. The van der Waals surface area contributed by atoms with E-state index in [2.05, 4.69) is 64.9 Å². The lowest BCUT2D eigenvalue weighted by Crippen LogP contribution is -2.43. The number of hydrogen-bond donors (Lipinski definition) is 1. The largest absolute Gasteiger partial charge is 0.369 e. The number of aryl methyl sites for hydroxylation is 1. The number of hydrogen-bond acceptors (Lipinski definition) is 3. The lowest BCUT2D eigenvalue weighted by atomic mass is 9.97. The Kier molecular flexibility index (Phi) is 6.56. The summed E-state index contributed by atoms with van der Waals surface area (Å²) in [4.78, 5) is 27.0. The Labute approximate surface area is 189 Å². The summed E-state index contributed by atoms with van der Waals surface area (Å²) in [5.41, 5.74) is 10.6. The Morgan fingerprint density at radius 2 is 1.59 bits per heavy atom. The molecular weight excluding hydrogens is 398 g/mol. The molecule has 0 spiro atoms. The van der Waals surface area contributed by atoms with E-state index in [1.54, 1.807) is 0 Å². The van der Waals surface area contributed by atoms with Gasteiger partial charge in [0.05, 0.1) is 18.5 Å². The van der Waals surface area contributed by atoms with Gasteiger partial charge in [0.2, 0.25) is 5.91 Å². The third-order valence-corrected chi connectivity index (χ3v) is 6.55. The molecule has 2 aromatic carbocycles. The standard InChI is InChI=1S/C27H31N3O2/c1-19-16-24(25(31)18-29-15-9-14-23(17-29)27(28)32)20(2)30(19)26(21-10-5-3-6-11-21)22-12-7-4-8-13-22/h3-8,10-13,16,23,26H,9,14-15,17-18H2,1-2H3,(H2,28,32)/t23-/m1/s1. The first kappa shape index (κ1) is 22.0. The van der Waals surface area contributed by atoms with Crippen LogP contribution >= 0.6 is 0 Å². The van der Waals surface area contributed by atoms with Crippen molar-refractivity contribution >= 4 is 11.7 Å². The summed E-state index contributed by atoms with van der Waals surface area (Å²) < 4.78 is 2.26. The second kappa shape index (κ2) is 9.53. The molecule has 166 valence electrons. The van der Waals surface area contributed by atoms with Gasteiger partial charge in [-0.1, -0.05) is 60.7 Å². The van der Waals surface area contributed by atoms with Crippen LogP contribution in [0.15, 0.2) is 66.7 Å². The number of amides is 1. The van der Waals surface area contributed by atoms with E-state index in [4.69, 9.17) is 5.73 Å². The summed E-state index contributed by atoms with van der Waals surface area (Å²) in [5, 5.41) is 0. The molecule has 1 fully saturated rings. The molecule has 1 aliphatic heterocycles. The molecule has 3 aromatic rings. The van der Waals surface area contributed by atoms with Crippen LogP contribution in [0.5, 0.6) is 0 Å². The summed E-state index contributed by atoms with van der Waals surface area (Å²) in [5.74, 6) is -0.340. The van der Waals surface area contributed by atoms with Crippen molar-refractivity contribution in [3.8, 4) is 0 Å². The van der Waals surface area contributed by atoms with Crippen LogP contribution in [0.25, 0.3) is 0 Å². The summed E-state index contributed by atoms with van der Waals surface area (Å²) in [6.45, 7) is 5.80. The molecule has 1 saturated heterocycles. The van der Waals surface area contributed by atoms with Gasteiger partial charge in [0.25, 0.3) is 0 Å². The molecule has 1 amide bonds. The number of nitrogens with zero attached hydrogens (tertiary/aromatic N) is 2. The number of aromatic nitrogens is 1. The Bertz CT molecular complexity index is 1050. The van der Waals surface area contributed by atoms with Gasteiger partial charge in [0.1, 0.15) is 0 Å². The first-order valence-corrected chi connectivity index (χ1v) is 11.3. The van der Waals surface area contributed by atoms with Crippen LogP contribution in [0.2, 0.25) is 0 Å². The molecule has 1 aliphatic rings. The number of primary amides is 1. The molecule has 0 aliphatic carbocycles. The van der Waals surface area contributed by atoms with Crippen molar-refractivity contribution in [2.45, 2.75) is 32.7 Å². The Morgan fingerprint density at radius 3 is 2.16 bits per heavy atom. The molecule has 1 aromatic heterocycles. The third kappa shape index (κ3) is 4.53. The van der Waals surface area contributed by atoms with Crippen LogP contribution in [0.1, 0.15) is 51.8 Å². The minimum absolute atomic E-state index is 0.00632. The zero-order valence-corrected chi connectivity index (χ0v) is 18.8. The maximum absolute atomic E-state index is 13.3. The van der Waals surface area contributed by atoms with Crippen LogP contribution in [0.3, 0.4) is 0 Å². The second-order valence-corrected chi connectivity index (χ2v) is 8.78. The van der Waals surface area contributed by atoms with E-state index >= 15 is 0 Å². The van der Waals surface area contributed by atoms with Gasteiger partial charge in [0.15, 0.2) is 5.78 Å². The fraction of sp³-hybridized carbons (Fsp3) is 0.333. The van der Waals surface area contributed by atoms with Crippen LogP contribution in [0, 0.1) is 19.8 Å². The van der Waals surface area contributed by atoms with Gasteiger partial charge < -0.3 is 10.3 Å². The fourth-order valence-corrected chi connectivity index (χ4v) is 4.94. The van der Waals surface area contributed by atoms with Gasteiger partial charge in [-0.25, -0.2) is 0 Å². The highest BCUT2D eigenvalue weighted by Crippen LogP contribution is 2.32. The number of nitrogens with two attached hydrogens (primary N) is 1. The van der Waals surface area contributed by atoms with E-state index in [0.29, 0.717) is 13.1 Å². The first-order valence-electron chi connectivity index (χ1n) is 11.3. The lowest BCUT2D eigenvalue weighted by Gasteiger charge is -2.30. The normalized spacial score (nSPS) is 16.9. The molecule has 0 radical (unpaired) electrons. The number of piperidine rings is 1. The number of ketones is 1. The van der Waals surface area contributed by atoms with E-state index in [1.807, 2.05) is 25.1 Å². The van der Waals surface area contributed by atoms with Crippen LogP contribution < -0.4 is 5.73 Å². The highest BCUT2D eigenvalue weighted by Gasteiger charge is 2.28. The van der Waals surface area contributed by atoms with Crippen LogP contribution in [-0.4, -0.2) is 40.8 Å². The van der Waals surface area contributed by atoms with Crippen LogP contribution in [-0.2, 0) is 4.79 Å². The number of Topliss-reactive ketones (excluding diaryl/α,β-unsaturated/α-hetero) is 1. The molecule has 0 saturated carbocycles. The quantitative estimate of drug-likeness (QED) is 0.575. The minimum atomic E-state index is -0.270. The molecule has 0 unspecified atom stereocenters. The number of likely N-dealkylation sites (tertiary alicyclic amines) is 1. The summed E-state index contributed by atoms with van der Waals surface area (Å²) in [7, 11) is 0. The van der Waals surface area contributed by atoms with Crippen molar-refractivity contribution in [3.63, 3.8) is 0 Å². The van der Waals surface area contributed by atoms with Gasteiger partial charge >= 0.3 is 0 Å². The first-order chi connectivity index (χ1) is 15.5. The minimum Gasteiger partial charge on any atom is -0.369 e. The van der Waals surface area contributed by atoms with Crippen molar-refractivity contribution in [1.29, 1.82) is 0 Å². The van der Waals surface area contributed by atoms with Gasteiger partial charge in [-0.05, 0) is 50.4 Å². The molecule has 0 bridgehead atoms. The second-order valence-electron chi connectivity index (χ2n) is 8.78. The van der Waals surface area contributed by atoms with Gasteiger partial charge in [0, 0.05) is 23.5 Å². The molecular formula is C27H31N3O2. The molecule has 32 heavy (non-hydrogen) atoms. The summed E-state index contributed by atoms with van der Waals surface area (Å²) in [6.07, 6.45) is 1.70. The third-order valence-electron chi connectivity index (χ3n) is 6.55. The van der Waals surface area contributed by atoms with Crippen molar-refractivity contribution < 1.29 is 9.59 Å².